The van der Waals surface area contributed by atoms with Crippen LogP contribution < -0.4 is 0 Å². The minimum atomic E-state index is -4.95. The van der Waals surface area contributed by atoms with Gasteiger partial charge in [0.15, 0.2) is 12.2 Å². The number of ether oxygens (including phenoxy) is 4. The van der Waals surface area contributed by atoms with Gasteiger partial charge in [-0.2, -0.15) is 0 Å². The number of phosphoric ester groups is 2. The monoisotopic (exact) mass is 1250 g/mol. The molecule has 0 aliphatic carbocycles. The molecule has 4 unspecified atom stereocenters. The molecule has 0 saturated carbocycles. The molecule has 0 radical (unpaired) electrons. The van der Waals surface area contributed by atoms with Crippen molar-refractivity contribution in [3.8, 4) is 0 Å². The largest absolute Gasteiger partial charge is 0.472 e. The van der Waals surface area contributed by atoms with Gasteiger partial charge in [0.25, 0.3) is 0 Å². The summed E-state index contributed by atoms with van der Waals surface area (Å²) in [4.78, 5) is 72.3. The van der Waals surface area contributed by atoms with E-state index < -0.39 is 97.5 Å². The summed E-state index contributed by atoms with van der Waals surface area (Å²) in [7, 11) is -9.89. The Morgan fingerprint density at radius 2 is 0.565 bits per heavy atom. The molecule has 17 nitrogen and oxygen atoms in total. The van der Waals surface area contributed by atoms with Gasteiger partial charge in [0, 0.05) is 25.7 Å². The fourth-order valence-electron chi connectivity index (χ4n) is 9.72. The fourth-order valence-corrected chi connectivity index (χ4v) is 11.3. The highest BCUT2D eigenvalue weighted by atomic mass is 31.2. The van der Waals surface area contributed by atoms with Crippen molar-refractivity contribution in [2.24, 2.45) is 23.7 Å². The molecular formula is C66H128O17P2. The van der Waals surface area contributed by atoms with Gasteiger partial charge in [-0.1, -0.05) is 267 Å². The maximum Gasteiger partial charge on any atom is 0.472 e. The third-order valence-corrected chi connectivity index (χ3v) is 17.7. The lowest BCUT2D eigenvalue weighted by Crippen LogP contribution is -2.30. The van der Waals surface area contributed by atoms with Crippen LogP contribution in [0.2, 0.25) is 0 Å². The summed E-state index contributed by atoms with van der Waals surface area (Å²) in [6, 6.07) is 0. The molecule has 0 rings (SSSR count). The Labute approximate surface area is 517 Å². The third kappa shape index (κ3) is 58.2. The molecule has 85 heavy (non-hydrogen) atoms. The van der Waals surface area contributed by atoms with Crippen molar-refractivity contribution in [3.63, 3.8) is 0 Å². The van der Waals surface area contributed by atoms with Crippen LogP contribution in [0.3, 0.4) is 0 Å². The van der Waals surface area contributed by atoms with Crippen LogP contribution in [0, 0.1) is 23.7 Å². The summed E-state index contributed by atoms with van der Waals surface area (Å²) in [5, 5.41) is 10.6. The molecular weight excluding hydrogens is 1130 g/mol. The Kier molecular flexibility index (Phi) is 54.8. The number of hydrogen-bond acceptors (Lipinski definition) is 15. The topological polar surface area (TPSA) is 237 Å². The van der Waals surface area contributed by atoms with Crippen molar-refractivity contribution in [3.05, 3.63) is 0 Å². The molecule has 0 aromatic rings. The van der Waals surface area contributed by atoms with E-state index in [1.54, 1.807) is 0 Å². The molecule has 0 aromatic heterocycles. The second-order valence-corrected chi connectivity index (χ2v) is 28.2. The first-order chi connectivity index (χ1) is 40.7. The van der Waals surface area contributed by atoms with Crippen LogP contribution in [0.15, 0.2) is 0 Å². The molecule has 0 amide bonds. The average Bonchev–Trinajstić information content (AvgIpc) is 3.53. The van der Waals surface area contributed by atoms with Crippen LogP contribution in [0.1, 0.15) is 319 Å². The maximum atomic E-state index is 13.0. The van der Waals surface area contributed by atoms with Crippen LogP contribution in [0.4, 0.5) is 0 Å². The molecule has 0 aromatic carbocycles. The van der Waals surface area contributed by atoms with Gasteiger partial charge >= 0.3 is 39.5 Å². The number of unbranched alkanes of at least 4 members (excludes halogenated alkanes) is 27. The molecule has 504 valence electrons. The quantitative estimate of drug-likeness (QED) is 0.0222. The van der Waals surface area contributed by atoms with Gasteiger partial charge in [-0.3, -0.25) is 37.3 Å². The van der Waals surface area contributed by atoms with Gasteiger partial charge in [-0.05, 0) is 49.4 Å². The Bertz CT molecular complexity index is 1700. The molecule has 3 N–H and O–H groups in total. The van der Waals surface area contributed by atoms with Gasteiger partial charge in [-0.15, -0.1) is 0 Å². The fraction of sp³-hybridized carbons (Fsp3) is 0.939. The van der Waals surface area contributed by atoms with E-state index >= 15 is 0 Å². The molecule has 0 aliphatic heterocycles. The normalized spacial score (nSPS) is 15.0. The predicted octanol–water partition coefficient (Wildman–Crippen LogP) is 18.1. The summed E-state index contributed by atoms with van der Waals surface area (Å²) in [6.07, 6.45) is 36.2. The maximum absolute atomic E-state index is 13.0. The Balaban J connectivity index is 5.27. The van der Waals surface area contributed by atoms with Crippen LogP contribution in [0.25, 0.3) is 0 Å². The Hall–Kier alpha value is -1.94. The van der Waals surface area contributed by atoms with E-state index in [1.165, 1.54) is 109 Å². The highest BCUT2D eigenvalue weighted by Crippen LogP contribution is 2.45. The highest BCUT2D eigenvalue weighted by molar-refractivity contribution is 7.47. The van der Waals surface area contributed by atoms with Crippen molar-refractivity contribution in [2.75, 3.05) is 39.6 Å². The number of carbonyl (C=O) groups is 4. The number of esters is 4. The first-order valence-electron chi connectivity index (χ1n) is 34.3. The zero-order valence-electron chi connectivity index (χ0n) is 55.2. The number of aliphatic hydroxyl groups excluding tert-OH is 1. The number of rotatable bonds is 63. The lowest BCUT2D eigenvalue weighted by molar-refractivity contribution is -0.161. The molecule has 0 saturated heterocycles. The average molecular weight is 1260 g/mol. The van der Waals surface area contributed by atoms with E-state index in [1.807, 2.05) is 0 Å². The number of hydrogen-bond donors (Lipinski definition) is 3. The molecule has 0 heterocycles. The van der Waals surface area contributed by atoms with Crippen molar-refractivity contribution >= 4 is 39.5 Å². The van der Waals surface area contributed by atoms with Crippen LogP contribution in [0.5, 0.6) is 0 Å². The summed E-state index contributed by atoms with van der Waals surface area (Å²) in [5.74, 6) is 0.819. The zero-order valence-corrected chi connectivity index (χ0v) is 57.0. The molecule has 0 bridgehead atoms. The lowest BCUT2D eigenvalue weighted by atomic mass is 9.99. The third-order valence-electron chi connectivity index (χ3n) is 15.8. The highest BCUT2D eigenvalue weighted by Gasteiger charge is 2.30. The smallest absolute Gasteiger partial charge is 0.462 e. The second-order valence-electron chi connectivity index (χ2n) is 25.3. The van der Waals surface area contributed by atoms with Crippen LogP contribution in [-0.4, -0.2) is 96.7 Å². The standard InChI is InChI=1S/C66H128O17P2/c1-9-58(7)44-36-28-20-15-16-22-33-41-49-66(71)83-61(52-76-63(68)46-38-30-23-17-19-27-35-43-57(5)6)54-80-84(72,73)78-50-60(67)51-79-85(74,75)81-55-62(53-77-64(69)47-39-31-25-24-29-37-45-59(8)10-2)82-65(70)48-40-32-21-14-12-11-13-18-26-34-42-56(3)4/h56-62,67H,9-55H2,1-8H3,(H,72,73)(H,74,75)/t58?,59?,60-,61-,62-/m1/s1. The van der Waals surface area contributed by atoms with Gasteiger partial charge in [0.05, 0.1) is 26.4 Å². The predicted molar refractivity (Wildman–Crippen MR) is 340 cm³/mol. The summed E-state index contributed by atoms with van der Waals surface area (Å²) in [5.41, 5.74) is 0. The first kappa shape index (κ1) is 83.1. The van der Waals surface area contributed by atoms with Crippen LogP contribution >= 0.6 is 15.6 Å². The summed E-state index contributed by atoms with van der Waals surface area (Å²) >= 11 is 0. The van der Waals surface area contributed by atoms with E-state index in [0.29, 0.717) is 31.6 Å². The van der Waals surface area contributed by atoms with E-state index in [9.17, 15) is 43.2 Å². The second kappa shape index (κ2) is 56.1. The van der Waals surface area contributed by atoms with Gasteiger partial charge in [-0.25, -0.2) is 9.13 Å². The zero-order chi connectivity index (χ0) is 63.2. The Morgan fingerprint density at radius 1 is 0.329 bits per heavy atom. The van der Waals surface area contributed by atoms with Crippen LogP contribution in [-0.2, 0) is 65.4 Å². The van der Waals surface area contributed by atoms with Gasteiger partial charge in [0.1, 0.15) is 19.3 Å². The molecule has 19 heteroatoms. The molecule has 0 fully saturated rings. The first-order valence-corrected chi connectivity index (χ1v) is 37.3. The van der Waals surface area contributed by atoms with E-state index in [0.717, 1.165) is 120 Å². The van der Waals surface area contributed by atoms with E-state index in [4.69, 9.17) is 37.0 Å². The van der Waals surface area contributed by atoms with E-state index in [-0.39, 0.29) is 25.7 Å². The minimum absolute atomic E-state index is 0.103. The molecule has 7 atom stereocenters. The van der Waals surface area contributed by atoms with Gasteiger partial charge in [0.2, 0.25) is 0 Å². The SMILES string of the molecule is CCC(C)CCCCCCCCCCC(=O)O[C@H](COC(=O)CCCCCCCCCC(C)C)COP(=O)(O)OC[C@@H](O)COP(=O)(O)OC[C@@H](COC(=O)CCCCCCCCC(C)CC)OC(=O)CCCCCCCCCCCCC(C)C. The van der Waals surface area contributed by atoms with Crippen molar-refractivity contribution in [1.29, 1.82) is 0 Å². The van der Waals surface area contributed by atoms with Crippen molar-refractivity contribution < 1.29 is 80.2 Å². The van der Waals surface area contributed by atoms with Crippen molar-refractivity contribution in [1.82, 2.24) is 0 Å². The number of carbonyl (C=O) groups excluding carboxylic acids is 4. The minimum Gasteiger partial charge on any atom is -0.462 e. The van der Waals surface area contributed by atoms with Crippen molar-refractivity contribution in [2.45, 2.75) is 337 Å². The summed E-state index contributed by atoms with van der Waals surface area (Å²) in [6.45, 7) is 14.0. The number of aliphatic hydroxyl groups is 1. The molecule has 0 aliphatic rings. The number of phosphoric acid groups is 2. The molecule has 0 spiro atoms. The summed E-state index contributed by atoms with van der Waals surface area (Å²) < 4.78 is 68.1. The Morgan fingerprint density at radius 3 is 0.835 bits per heavy atom. The van der Waals surface area contributed by atoms with E-state index in [2.05, 4.69) is 55.4 Å². The van der Waals surface area contributed by atoms with Gasteiger partial charge < -0.3 is 33.8 Å². The lowest BCUT2D eigenvalue weighted by Gasteiger charge is -2.21.